The van der Waals surface area contributed by atoms with Gasteiger partial charge in [-0.15, -0.1) is 0 Å². The van der Waals surface area contributed by atoms with Crippen LogP contribution in [-0.4, -0.2) is 11.2 Å². The van der Waals surface area contributed by atoms with Crippen molar-refractivity contribution in [2.45, 2.75) is 0 Å². The molecule has 0 aromatic carbocycles. The van der Waals surface area contributed by atoms with Crippen LogP contribution in [0.25, 0.3) is 6.08 Å². The van der Waals surface area contributed by atoms with Gasteiger partial charge >= 0.3 is 0 Å². The minimum Gasteiger partial charge on any atom is -0.308 e. The molecule has 0 atom stereocenters. The van der Waals surface area contributed by atoms with E-state index < -0.39 is 0 Å². The van der Waals surface area contributed by atoms with E-state index in [-0.39, 0.29) is 0 Å². The molecule has 1 heterocycles. The van der Waals surface area contributed by atoms with E-state index in [0.717, 1.165) is 14.8 Å². The molecule has 0 spiro atoms. The lowest BCUT2D eigenvalue weighted by atomic mass is 10.1. The summed E-state index contributed by atoms with van der Waals surface area (Å²) in [6.45, 7) is 3.65. The maximum absolute atomic E-state index is 7.11. The molecule has 56 valence electrons. The van der Waals surface area contributed by atoms with Gasteiger partial charge in [0.15, 0.2) is 0 Å². The van der Waals surface area contributed by atoms with E-state index in [1.165, 1.54) is 6.21 Å². The number of hydrogen-bond donors (Lipinski definition) is 1. The maximum Gasteiger partial charge on any atom is 0.110 e. The fraction of sp³-hybridized carbons (Fsp3) is 0. The van der Waals surface area contributed by atoms with Crippen LogP contribution in [0.2, 0.25) is 0 Å². The Balaban J connectivity index is 3.35. The van der Waals surface area contributed by atoms with Crippen LogP contribution >= 0.6 is 22.6 Å². The van der Waals surface area contributed by atoms with Crippen LogP contribution in [0.1, 0.15) is 11.1 Å². The van der Waals surface area contributed by atoms with E-state index in [1.54, 1.807) is 12.3 Å². The maximum atomic E-state index is 7.11. The van der Waals surface area contributed by atoms with Gasteiger partial charge in [-0.1, -0.05) is 12.7 Å². The highest BCUT2D eigenvalue weighted by molar-refractivity contribution is 14.1. The predicted molar refractivity (Wildman–Crippen MR) is 54.9 cm³/mol. The van der Waals surface area contributed by atoms with Crippen molar-refractivity contribution in [2.24, 2.45) is 0 Å². The highest BCUT2D eigenvalue weighted by Gasteiger charge is 2.00. The first-order valence-electron chi connectivity index (χ1n) is 3.07. The Labute approximate surface area is 79.0 Å². The van der Waals surface area contributed by atoms with Crippen molar-refractivity contribution >= 4 is 34.9 Å². The Morgan fingerprint density at radius 1 is 1.64 bits per heavy atom. The highest BCUT2D eigenvalue weighted by Crippen LogP contribution is 2.12. The summed E-state index contributed by atoms with van der Waals surface area (Å²) in [5.74, 6) is 0. The first kappa shape index (κ1) is 8.39. The topological polar surface area (TPSA) is 36.7 Å². The molecule has 0 aliphatic heterocycles. The molecular weight excluding hydrogens is 251 g/mol. The minimum absolute atomic E-state index is 0.836. The summed E-state index contributed by atoms with van der Waals surface area (Å²) in [5, 5.41) is 7.11. The largest absolute Gasteiger partial charge is 0.308 e. The average molecular weight is 258 g/mol. The second-order valence-electron chi connectivity index (χ2n) is 1.95. The molecule has 1 aromatic rings. The summed E-state index contributed by atoms with van der Waals surface area (Å²) >= 11 is 2.10. The quantitative estimate of drug-likeness (QED) is 0.493. The zero-order valence-electron chi connectivity index (χ0n) is 5.84. The van der Waals surface area contributed by atoms with Gasteiger partial charge in [0.25, 0.3) is 0 Å². The first-order valence-corrected chi connectivity index (χ1v) is 4.15. The molecule has 2 nitrogen and oxygen atoms in total. The third-order valence-corrected chi connectivity index (χ3v) is 2.20. The number of rotatable bonds is 2. The number of aromatic nitrogens is 1. The molecule has 0 radical (unpaired) electrons. The normalized spacial score (nSPS) is 9.18. The molecule has 0 amide bonds. The molecule has 0 unspecified atom stereocenters. The van der Waals surface area contributed by atoms with E-state index in [9.17, 15) is 0 Å². The fourth-order valence-corrected chi connectivity index (χ4v) is 1.41. The molecule has 0 bridgehead atoms. The van der Waals surface area contributed by atoms with Gasteiger partial charge in [-0.25, -0.2) is 4.98 Å². The fourth-order valence-electron chi connectivity index (χ4n) is 0.782. The molecule has 0 saturated carbocycles. The molecule has 3 heteroatoms. The molecule has 0 fully saturated rings. The summed E-state index contributed by atoms with van der Waals surface area (Å²) in [7, 11) is 0. The number of pyridine rings is 1. The second-order valence-corrected chi connectivity index (χ2v) is 2.97. The van der Waals surface area contributed by atoms with E-state index >= 15 is 0 Å². The number of nitrogens with zero attached hydrogens (tertiary/aromatic N) is 1. The number of nitrogens with one attached hydrogen (secondary N) is 1. The molecule has 0 saturated heterocycles. The number of halogens is 1. The predicted octanol–water partition coefficient (Wildman–Crippen LogP) is 2.33. The lowest BCUT2D eigenvalue weighted by molar-refractivity contribution is 1.25. The van der Waals surface area contributed by atoms with Gasteiger partial charge in [0.1, 0.15) is 3.70 Å². The van der Waals surface area contributed by atoms with E-state index in [0.29, 0.717) is 0 Å². The van der Waals surface area contributed by atoms with Crippen molar-refractivity contribution in [3.8, 4) is 0 Å². The van der Waals surface area contributed by atoms with Crippen LogP contribution in [0.15, 0.2) is 18.8 Å². The summed E-state index contributed by atoms with van der Waals surface area (Å²) in [6.07, 6.45) is 4.74. The molecule has 0 aliphatic carbocycles. The molecule has 1 rings (SSSR count). The van der Waals surface area contributed by atoms with Crippen molar-refractivity contribution in [3.63, 3.8) is 0 Å². The minimum atomic E-state index is 0.836. The van der Waals surface area contributed by atoms with Gasteiger partial charge in [-0.2, -0.15) is 0 Å². The molecule has 1 N–H and O–H groups in total. The Bertz CT molecular complexity index is 294. The van der Waals surface area contributed by atoms with Gasteiger partial charge in [-0.3, -0.25) is 0 Å². The van der Waals surface area contributed by atoms with Gasteiger partial charge in [-0.05, 0) is 34.2 Å². The Kier molecular flexibility index (Phi) is 2.76. The average Bonchev–Trinajstić information content (AvgIpc) is 2.04. The monoisotopic (exact) mass is 258 g/mol. The van der Waals surface area contributed by atoms with Crippen LogP contribution in [0.4, 0.5) is 0 Å². The lowest BCUT2D eigenvalue weighted by Crippen LogP contribution is -1.93. The van der Waals surface area contributed by atoms with Crippen molar-refractivity contribution in [2.75, 3.05) is 0 Å². The van der Waals surface area contributed by atoms with Crippen LogP contribution in [-0.2, 0) is 0 Å². The van der Waals surface area contributed by atoms with E-state index in [1.807, 2.05) is 6.07 Å². The molecule has 11 heavy (non-hydrogen) atoms. The van der Waals surface area contributed by atoms with Crippen molar-refractivity contribution in [1.29, 1.82) is 5.41 Å². The van der Waals surface area contributed by atoms with E-state index in [4.69, 9.17) is 5.41 Å². The smallest absolute Gasteiger partial charge is 0.110 e. The van der Waals surface area contributed by atoms with Gasteiger partial charge < -0.3 is 5.41 Å². The summed E-state index contributed by atoms with van der Waals surface area (Å²) in [6, 6.07) is 1.84. The summed E-state index contributed by atoms with van der Waals surface area (Å²) < 4.78 is 0.843. The van der Waals surface area contributed by atoms with Crippen molar-refractivity contribution in [3.05, 3.63) is 33.7 Å². The first-order chi connectivity index (χ1) is 5.29. The SMILES string of the molecule is C=Cc1ccnc(I)c1C=N. The molecule has 0 aliphatic rings. The zero-order chi connectivity index (χ0) is 8.27. The third kappa shape index (κ3) is 1.65. The number of hydrogen-bond acceptors (Lipinski definition) is 2. The lowest BCUT2D eigenvalue weighted by Gasteiger charge is -1.99. The van der Waals surface area contributed by atoms with Gasteiger partial charge in [0.2, 0.25) is 0 Å². The van der Waals surface area contributed by atoms with Crippen LogP contribution in [0.5, 0.6) is 0 Å². The Morgan fingerprint density at radius 3 is 2.82 bits per heavy atom. The van der Waals surface area contributed by atoms with Crippen molar-refractivity contribution < 1.29 is 0 Å². The summed E-state index contributed by atoms with van der Waals surface area (Å²) in [4.78, 5) is 4.05. The van der Waals surface area contributed by atoms with Crippen LogP contribution in [0, 0.1) is 9.11 Å². The van der Waals surface area contributed by atoms with Crippen molar-refractivity contribution in [1.82, 2.24) is 4.98 Å². The van der Waals surface area contributed by atoms with Crippen LogP contribution in [0.3, 0.4) is 0 Å². The highest BCUT2D eigenvalue weighted by atomic mass is 127. The van der Waals surface area contributed by atoms with E-state index in [2.05, 4.69) is 34.2 Å². The van der Waals surface area contributed by atoms with Gasteiger partial charge in [0, 0.05) is 18.0 Å². The Hall–Kier alpha value is -0.710. The second kappa shape index (κ2) is 3.61. The van der Waals surface area contributed by atoms with Gasteiger partial charge in [0.05, 0.1) is 0 Å². The third-order valence-electron chi connectivity index (χ3n) is 1.34. The molecule has 1 aromatic heterocycles. The zero-order valence-corrected chi connectivity index (χ0v) is 8.00. The standard InChI is InChI=1S/C8H7IN2/c1-2-6-3-4-11-8(9)7(6)5-10/h2-5,10H,1H2. The summed E-state index contributed by atoms with van der Waals surface area (Å²) in [5.41, 5.74) is 1.79. The van der Waals surface area contributed by atoms with Crippen LogP contribution < -0.4 is 0 Å². The molecular formula is C8H7IN2. The Morgan fingerprint density at radius 2 is 2.36 bits per heavy atom.